The monoisotopic (exact) mass is 346 g/mol. The Hall–Kier alpha value is -3.41. The zero-order chi connectivity index (χ0) is 18.1. The van der Waals surface area contributed by atoms with Crippen LogP contribution in [0.25, 0.3) is 11.3 Å². The molecule has 2 aromatic carbocycles. The van der Waals surface area contributed by atoms with Crippen LogP contribution in [-0.4, -0.2) is 27.0 Å². The van der Waals surface area contributed by atoms with Gasteiger partial charge in [-0.25, -0.2) is 0 Å². The van der Waals surface area contributed by atoms with Crippen LogP contribution in [0.4, 0.5) is 0 Å². The quantitative estimate of drug-likeness (QED) is 0.787. The number of benzene rings is 2. The van der Waals surface area contributed by atoms with Gasteiger partial charge in [0.05, 0.1) is 5.69 Å². The summed E-state index contributed by atoms with van der Waals surface area (Å²) >= 11 is 0. The zero-order valence-corrected chi connectivity index (χ0v) is 14.5. The number of hydrazone groups is 1. The number of aromatic nitrogens is 2. The van der Waals surface area contributed by atoms with Gasteiger partial charge in [0.25, 0.3) is 5.90 Å². The minimum Gasteiger partial charge on any atom is -0.445 e. The first-order valence-electron chi connectivity index (χ1n) is 8.36. The van der Waals surface area contributed by atoms with Crippen molar-refractivity contribution in [2.45, 2.75) is 20.1 Å². The molecule has 4 rings (SSSR count). The number of rotatable bonds is 3. The molecule has 0 fully saturated rings. The summed E-state index contributed by atoms with van der Waals surface area (Å²) in [5, 5.41) is 13.2. The van der Waals surface area contributed by atoms with Crippen LogP contribution in [-0.2, 0) is 9.53 Å². The van der Waals surface area contributed by atoms with Crippen molar-refractivity contribution in [3.05, 3.63) is 77.5 Å². The first-order valence-corrected chi connectivity index (χ1v) is 8.36. The second kappa shape index (κ2) is 6.48. The van der Waals surface area contributed by atoms with Crippen molar-refractivity contribution >= 4 is 11.8 Å². The zero-order valence-electron chi connectivity index (χ0n) is 14.5. The molecule has 26 heavy (non-hydrogen) atoms. The Morgan fingerprint density at radius 3 is 2.38 bits per heavy atom. The summed E-state index contributed by atoms with van der Waals surface area (Å²) in [6.45, 7) is 3.43. The molecule has 0 bridgehead atoms. The van der Waals surface area contributed by atoms with Crippen molar-refractivity contribution in [2.75, 3.05) is 0 Å². The number of hydrogen-bond acceptors (Lipinski definition) is 4. The summed E-state index contributed by atoms with van der Waals surface area (Å²) in [6, 6.07) is 19.5. The van der Waals surface area contributed by atoms with Gasteiger partial charge < -0.3 is 4.74 Å². The van der Waals surface area contributed by atoms with Crippen molar-refractivity contribution < 1.29 is 9.53 Å². The van der Waals surface area contributed by atoms with E-state index in [1.165, 1.54) is 11.9 Å². The lowest BCUT2D eigenvalue weighted by molar-refractivity contribution is -0.135. The average molecular weight is 346 g/mol. The Morgan fingerprint density at radius 2 is 1.73 bits per heavy atom. The summed E-state index contributed by atoms with van der Waals surface area (Å²) < 4.78 is 6.02. The molecule has 1 atom stereocenters. The molecule has 2 heterocycles. The van der Waals surface area contributed by atoms with Gasteiger partial charge in [-0.05, 0) is 6.92 Å². The molecule has 0 radical (unpaired) electrons. The molecule has 0 spiro atoms. The van der Waals surface area contributed by atoms with Crippen molar-refractivity contribution in [3.63, 3.8) is 0 Å². The summed E-state index contributed by atoms with van der Waals surface area (Å²) in [5.41, 5.74) is 4.31. The van der Waals surface area contributed by atoms with E-state index in [2.05, 4.69) is 15.3 Å². The third-order valence-electron chi connectivity index (χ3n) is 4.32. The van der Waals surface area contributed by atoms with Crippen LogP contribution in [0, 0.1) is 6.92 Å². The Labute approximate surface area is 151 Å². The van der Waals surface area contributed by atoms with Crippen LogP contribution in [0.15, 0.2) is 65.8 Å². The standard InChI is InChI=1S/C20H18N4O2/c1-13-17(15-9-5-3-6-10-15)21-22-18(13)19-23-24(14(2)25)20(26-19)16-11-7-4-8-12-16/h3-12,20H,1-2H3,(H,21,22)/t20-/m0/s1. The van der Waals surface area contributed by atoms with Gasteiger partial charge >= 0.3 is 0 Å². The molecular formula is C20H18N4O2. The molecule has 6 heteroatoms. The van der Waals surface area contributed by atoms with Crippen LogP contribution < -0.4 is 0 Å². The Morgan fingerprint density at radius 1 is 1.08 bits per heavy atom. The number of carbonyl (C=O) groups excluding carboxylic acids is 1. The van der Waals surface area contributed by atoms with E-state index in [-0.39, 0.29) is 5.91 Å². The van der Waals surface area contributed by atoms with E-state index >= 15 is 0 Å². The van der Waals surface area contributed by atoms with E-state index in [1.807, 2.05) is 67.6 Å². The fourth-order valence-corrected chi connectivity index (χ4v) is 2.98. The predicted octanol–water partition coefficient (Wildman–Crippen LogP) is 3.62. The van der Waals surface area contributed by atoms with Crippen molar-refractivity contribution in [2.24, 2.45) is 5.10 Å². The number of amides is 1. The van der Waals surface area contributed by atoms with Gasteiger partial charge in [-0.15, -0.1) is 5.10 Å². The third kappa shape index (κ3) is 2.75. The highest BCUT2D eigenvalue weighted by Crippen LogP contribution is 2.32. The van der Waals surface area contributed by atoms with Gasteiger partial charge in [0.1, 0.15) is 5.69 Å². The first-order chi connectivity index (χ1) is 12.6. The average Bonchev–Trinajstić information content (AvgIpc) is 3.27. The molecule has 1 N–H and O–H groups in total. The van der Waals surface area contributed by atoms with E-state index in [0.29, 0.717) is 11.6 Å². The number of carbonyl (C=O) groups is 1. The molecule has 1 aliphatic rings. The molecule has 1 aliphatic heterocycles. The minimum absolute atomic E-state index is 0.186. The lowest BCUT2D eigenvalue weighted by Gasteiger charge is -2.18. The molecule has 0 unspecified atom stereocenters. The Bertz CT molecular complexity index is 964. The summed E-state index contributed by atoms with van der Waals surface area (Å²) in [4.78, 5) is 12.0. The van der Waals surface area contributed by atoms with E-state index < -0.39 is 6.23 Å². The van der Waals surface area contributed by atoms with Crippen LogP contribution in [0.2, 0.25) is 0 Å². The summed E-state index contributed by atoms with van der Waals surface area (Å²) in [6.07, 6.45) is -0.577. The van der Waals surface area contributed by atoms with Gasteiger partial charge in [-0.3, -0.25) is 9.89 Å². The second-order valence-corrected chi connectivity index (χ2v) is 6.09. The molecule has 0 saturated heterocycles. The Balaban J connectivity index is 1.70. The van der Waals surface area contributed by atoms with E-state index in [4.69, 9.17) is 4.74 Å². The summed E-state index contributed by atoms with van der Waals surface area (Å²) in [7, 11) is 0. The maximum atomic E-state index is 12.0. The SMILES string of the molecule is CC(=O)N1N=C(c2[nH]nc(-c3ccccc3)c2C)O[C@H]1c1ccccc1. The molecule has 6 nitrogen and oxygen atoms in total. The number of nitrogens with zero attached hydrogens (tertiary/aromatic N) is 3. The highest BCUT2D eigenvalue weighted by molar-refractivity contribution is 5.97. The second-order valence-electron chi connectivity index (χ2n) is 6.09. The van der Waals surface area contributed by atoms with Gasteiger partial charge in [-0.2, -0.15) is 10.1 Å². The molecule has 0 aliphatic carbocycles. The number of ether oxygens (including phenoxy) is 1. The van der Waals surface area contributed by atoms with E-state index in [0.717, 1.165) is 22.4 Å². The predicted molar refractivity (Wildman–Crippen MR) is 98.1 cm³/mol. The molecule has 1 aromatic heterocycles. The number of hydrogen-bond donors (Lipinski definition) is 1. The maximum absolute atomic E-state index is 12.0. The van der Waals surface area contributed by atoms with Gasteiger partial charge in [0, 0.05) is 23.6 Å². The van der Waals surface area contributed by atoms with Crippen molar-refractivity contribution in [1.82, 2.24) is 15.2 Å². The molecule has 130 valence electrons. The van der Waals surface area contributed by atoms with Crippen molar-refractivity contribution in [3.8, 4) is 11.3 Å². The van der Waals surface area contributed by atoms with Gasteiger partial charge in [0.15, 0.2) is 0 Å². The van der Waals surface area contributed by atoms with Crippen LogP contribution in [0.5, 0.6) is 0 Å². The maximum Gasteiger partial charge on any atom is 0.259 e. The number of H-pyrrole nitrogens is 1. The summed E-state index contributed by atoms with van der Waals surface area (Å²) in [5.74, 6) is 0.176. The fraction of sp³-hybridized carbons (Fsp3) is 0.150. The van der Waals surface area contributed by atoms with Gasteiger partial charge in [0.2, 0.25) is 12.1 Å². The normalized spacial score (nSPS) is 16.3. The smallest absolute Gasteiger partial charge is 0.259 e. The van der Waals surface area contributed by atoms with E-state index in [9.17, 15) is 4.79 Å². The van der Waals surface area contributed by atoms with Crippen molar-refractivity contribution in [1.29, 1.82) is 0 Å². The molecular weight excluding hydrogens is 328 g/mol. The van der Waals surface area contributed by atoms with Crippen LogP contribution in [0.3, 0.4) is 0 Å². The Kier molecular flexibility index (Phi) is 4.01. The number of aromatic amines is 1. The number of nitrogens with one attached hydrogen (secondary N) is 1. The van der Waals surface area contributed by atoms with E-state index in [1.54, 1.807) is 0 Å². The van der Waals surface area contributed by atoms with Gasteiger partial charge in [-0.1, -0.05) is 60.7 Å². The van der Waals surface area contributed by atoms with Crippen LogP contribution >= 0.6 is 0 Å². The third-order valence-corrected chi connectivity index (χ3v) is 4.32. The largest absolute Gasteiger partial charge is 0.445 e. The molecule has 1 amide bonds. The fourth-order valence-electron chi connectivity index (χ4n) is 2.98. The highest BCUT2D eigenvalue weighted by Gasteiger charge is 2.34. The molecule has 0 saturated carbocycles. The molecule has 3 aromatic rings. The highest BCUT2D eigenvalue weighted by atomic mass is 16.5. The lowest BCUT2D eigenvalue weighted by atomic mass is 10.1. The first kappa shape index (κ1) is 16.1. The topological polar surface area (TPSA) is 70.6 Å². The minimum atomic E-state index is -0.577. The lowest BCUT2D eigenvalue weighted by Crippen LogP contribution is -2.25. The van der Waals surface area contributed by atoms with Crippen LogP contribution in [0.1, 0.15) is 30.0 Å².